The maximum absolute atomic E-state index is 13.9. The van der Waals surface area contributed by atoms with Crippen LogP contribution in [0.3, 0.4) is 0 Å². The van der Waals surface area contributed by atoms with Crippen LogP contribution >= 0.6 is 11.3 Å². The van der Waals surface area contributed by atoms with Crippen LogP contribution in [0.1, 0.15) is 37.9 Å². The molecule has 2 aromatic carbocycles. The highest BCUT2D eigenvalue weighted by molar-refractivity contribution is 7.07. The van der Waals surface area contributed by atoms with E-state index in [-0.39, 0.29) is 28.1 Å². The van der Waals surface area contributed by atoms with Gasteiger partial charge in [-0.15, -0.1) is 0 Å². The molecule has 1 atom stereocenters. The van der Waals surface area contributed by atoms with Gasteiger partial charge in [0.1, 0.15) is 6.04 Å². The number of fused-ring (bicyclic) bond motifs is 1. The molecule has 4 rings (SSSR count). The monoisotopic (exact) mass is 553 g/mol. The first-order valence-corrected chi connectivity index (χ1v) is 12.9. The first-order valence-electron chi connectivity index (χ1n) is 12.1. The minimum atomic E-state index is -0.913. The van der Waals surface area contributed by atoms with Crippen LogP contribution in [0.5, 0.6) is 17.2 Å². The van der Waals surface area contributed by atoms with E-state index in [9.17, 15) is 19.7 Å². The van der Waals surface area contributed by atoms with Gasteiger partial charge in [0.15, 0.2) is 22.0 Å². The molecule has 0 aliphatic carbocycles. The fourth-order valence-electron chi connectivity index (χ4n) is 4.38. The molecular formula is C27H27N3O8S. The molecule has 1 aromatic heterocycles. The Morgan fingerprint density at radius 1 is 1.15 bits per heavy atom. The van der Waals surface area contributed by atoms with Crippen molar-refractivity contribution in [1.82, 2.24) is 4.57 Å². The SMILES string of the molecule is CCOC(=O)C1=C(C)N=c2s/c(=C/c3ccc(OC)c([N+](=O)[O-])c3)c(=O)n2[C@@H]1c1cccc(OC)c1OCC. The van der Waals surface area contributed by atoms with Gasteiger partial charge in [-0.2, -0.15) is 0 Å². The Hall–Kier alpha value is -4.45. The third-order valence-electron chi connectivity index (χ3n) is 6.03. The Morgan fingerprint density at radius 2 is 1.90 bits per heavy atom. The molecule has 0 saturated carbocycles. The van der Waals surface area contributed by atoms with Crippen molar-refractivity contribution in [3.05, 3.63) is 88.6 Å². The predicted octanol–water partition coefficient (Wildman–Crippen LogP) is 3.12. The highest BCUT2D eigenvalue weighted by Gasteiger charge is 2.36. The van der Waals surface area contributed by atoms with Gasteiger partial charge < -0.3 is 18.9 Å². The fraction of sp³-hybridized carbons (Fsp3) is 0.296. The van der Waals surface area contributed by atoms with Crippen LogP contribution in [0.4, 0.5) is 5.69 Å². The van der Waals surface area contributed by atoms with Crippen molar-refractivity contribution in [1.29, 1.82) is 0 Å². The van der Waals surface area contributed by atoms with Crippen LogP contribution in [0.2, 0.25) is 0 Å². The molecule has 3 aromatic rings. The number of methoxy groups -OCH3 is 2. The molecule has 0 fully saturated rings. The van der Waals surface area contributed by atoms with E-state index in [1.807, 2.05) is 6.92 Å². The number of aromatic nitrogens is 1. The van der Waals surface area contributed by atoms with Gasteiger partial charge in [-0.3, -0.25) is 19.5 Å². The molecule has 11 nitrogen and oxygen atoms in total. The molecule has 0 unspecified atom stereocenters. The lowest BCUT2D eigenvalue weighted by atomic mass is 9.94. The van der Waals surface area contributed by atoms with Crippen LogP contribution < -0.4 is 29.1 Å². The van der Waals surface area contributed by atoms with Crippen molar-refractivity contribution in [2.24, 2.45) is 4.99 Å². The Bertz CT molecular complexity index is 1650. The summed E-state index contributed by atoms with van der Waals surface area (Å²) in [4.78, 5) is 42.9. The Kier molecular flexibility index (Phi) is 8.15. The standard InChI is InChI=1S/C27H27N3O8S/c1-6-37-24-17(9-8-10-20(24)36-5)23-22(26(32)38-7-2)15(3)28-27-29(23)25(31)21(39-27)14-16-11-12-19(35-4)18(13-16)30(33)34/h8-14,23H,6-7H2,1-5H3/b21-14+/t23-/m1/s1. The number of carbonyl (C=O) groups is 1. The van der Waals surface area contributed by atoms with Crippen LogP contribution in [-0.2, 0) is 9.53 Å². The van der Waals surface area contributed by atoms with E-state index in [1.165, 1.54) is 30.9 Å². The average molecular weight is 554 g/mol. The summed E-state index contributed by atoms with van der Waals surface area (Å²) in [6.45, 7) is 5.66. The molecule has 0 amide bonds. The van der Waals surface area contributed by atoms with E-state index in [2.05, 4.69) is 4.99 Å². The van der Waals surface area contributed by atoms with Gasteiger partial charge in [-0.25, -0.2) is 9.79 Å². The summed E-state index contributed by atoms with van der Waals surface area (Å²) < 4.78 is 23.6. The molecule has 0 radical (unpaired) electrons. The highest BCUT2D eigenvalue weighted by Crippen LogP contribution is 2.40. The number of thiazole rings is 1. The van der Waals surface area contributed by atoms with E-state index in [0.29, 0.717) is 39.7 Å². The molecule has 0 spiro atoms. The van der Waals surface area contributed by atoms with Gasteiger partial charge in [-0.1, -0.05) is 29.5 Å². The van der Waals surface area contributed by atoms with Gasteiger partial charge in [-0.05, 0) is 44.5 Å². The molecule has 1 aliphatic rings. The van der Waals surface area contributed by atoms with Gasteiger partial charge in [0.2, 0.25) is 0 Å². The summed E-state index contributed by atoms with van der Waals surface area (Å²) in [6.07, 6.45) is 1.55. The van der Waals surface area contributed by atoms with Gasteiger partial charge in [0.25, 0.3) is 5.56 Å². The lowest BCUT2D eigenvalue weighted by molar-refractivity contribution is -0.385. The first-order chi connectivity index (χ1) is 18.7. The number of nitro groups is 1. The zero-order valence-corrected chi connectivity index (χ0v) is 22.9. The number of ether oxygens (including phenoxy) is 4. The Labute approximate surface area is 227 Å². The number of esters is 1. The van der Waals surface area contributed by atoms with Crippen molar-refractivity contribution >= 4 is 29.1 Å². The van der Waals surface area contributed by atoms with E-state index in [1.54, 1.807) is 44.2 Å². The Balaban J connectivity index is 2.00. The van der Waals surface area contributed by atoms with E-state index in [4.69, 9.17) is 18.9 Å². The summed E-state index contributed by atoms with van der Waals surface area (Å²) in [6, 6.07) is 8.75. The minimum absolute atomic E-state index is 0.106. The third-order valence-corrected chi connectivity index (χ3v) is 7.01. The van der Waals surface area contributed by atoms with Crippen molar-refractivity contribution in [2.45, 2.75) is 26.8 Å². The van der Waals surface area contributed by atoms with Gasteiger partial charge in [0.05, 0.1) is 48.2 Å². The minimum Gasteiger partial charge on any atom is -0.493 e. The Morgan fingerprint density at radius 3 is 2.54 bits per heavy atom. The molecule has 0 saturated heterocycles. The van der Waals surface area contributed by atoms with Crippen LogP contribution in [0.15, 0.2) is 57.5 Å². The number of carbonyl (C=O) groups excluding carboxylic acids is 1. The quantitative estimate of drug-likeness (QED) is 0.224. The first kappa shape index (κ1) is 27.6. The fourth-order valence-corrected chi connectivity index (χ4v) is 5.43. The summed E-state index contributed by atoms with van der Waals surface area (Å²) in [5.74, 6) is 0.341. The second-order valence-corrected chi connectivity index (χ2v) is 9.31. The molecule has 39 heavy (non-hydrogen) atoms. The maximum atomic E-state index is 13.9. The number of nitrogens with zero attached hydrogens (tertiary/aromatic N) is 3. The van der Waals surface area contributed by atoms with Crippen LogP contribution in [0.25, 0.3) is 6.08 Å². The largest absolute Gasteiger partial charge is 0.493 e. The number of benzene rings is 2. The van der Waals surface area contributed by atoms with E-state index >= 15 is 0 Å². The number of hydrogen-bond donors (Lipinski definition) is 0. The number of hydrogen-bond acceptors (Lipinski definition) is 10. The average Bonchev–Trinajstić information content (AvgIpc) is 3.22. The molecular weight excluding hydrogens is 526 g/mol. The molecule has 0 N–H and O–H groups in total. The molecule has 204 valence electrons. The smallest absolute Gasteiger partial charge is 0.338 e. The normalized spacial score (nSPS) is 14.9. The summed E-state index contributed by atoms with van der Waals surface area (Å²) in [7, 11) is 2.85. The zero-order chi connectivity index (χ0) is 28.3. The second kappa shape index (κ2) is 11.5. The van der Waals surface area contributed by atoms with Crippen LogP contribution in [0, 0.1) is 10.1 Å². The summed E-state index contributed by atoms with van der Waals surface area (Å²) in [5.41, 5.74) is 0.905. The molecule has 2 heterocycles. The molecule has 12 heteroatoms. The molecule has 0 bridgehead atoms. The molecule has 1 aliphatic heterocycles. The van der Waals surface area contributed by atoms with E-state index in [0.717, 1.165) is 11.3 Å². The zero-order valence-electron chi connectivity index (χ0n) is 22.0. The second-order valence-electron chi connectivity index (χ2n) is 8.30. The van der Waals surface area contributed by atoms with E-state index < -0.39 is 22.5 Å². The summed E-state index contributed by atoms with van der Waals surface area (Å²) in [5, 5.41) is 11.5. The van der Waals surface area contributed by atoms with Gasteiger partial charge in [0, 0.05) is 11.6 Å². The van der Waals surface area contributed by atoms with Crippen molar-refractivity contribution in [2.75, 3.05) is 27.4 Å². The lowest BCUT2D eigenvalue weighted by Crippen LogP contribution is -2.40. The van der Waals surface area contributed by atoms with Crippen molar-refractivity contribution in [3.63, 3.8) is 0 Å². The lowest BCUT2D eigenvalue weighted by Gasteiger charge is -2.26. The van der Waals surface area contributed by atoms with Gasteiger partial charge >= 0.3 is 11.7 Å². The number of rotatable bonds is 9. The third kappa shape index (κ3) is 5.15. The highest BCUT2D eigenvalue weighted by atomic mass is 32.1. The van der Waals surface area contributed by atoms with Crippen LogP contribution in [-0.4, -0.2) is 42.9 Å². The number of para-hydroxylation sites is 1. The number of nitro benzene ring substituents is 1. The topological polar surface area (TPSA) is 131 Å². The predicted molar refractivity (Wildman–Crippen MR) is 144 cm³/mol. The summed E-state index contributed by atoms with van der Waals surface area (Å²) >= 11 is 1.11. The van der Waals surface area contributed by atoms with Crippen molar-refractivity contribution in [3.8, 4) is 17.2 Å². The maximum Gasteiger partial charge on any atom is 0.338 e. The number of allylic oxidation sites excluding steroid dienone is 1. The van der Waals surface area contributed by atoms with Crippen molar-refractivity contribution < 1.29 is 28.7 Å².